The molecule has 1 heterocycles. The maximum absolute atomic E-state index is 12.8. The highest BCUT2D eigenvalue weighted by molar-refractivity contribution is 6.58. The van der Waals surface area contributed by atoms with E-state index in [9.17, 15) is 4.39 Å². The fourth-order valence-electron chi connectivity index (χ4n) is 2.10. The van der Waals surface area contributed by atoms with Crippen LogP contribution in [0.25, 0.3) is 0 Å². The van der Waals surface area contributed by atoms with Crippen LogP contribution in [0.15, 0.2) is 24.3 Å². The number of hydrogen-bond donors (Lipinski definition) is 3. The highest BCUT2D eigenvalue weighted by Crippen LogP contribution is 2.20. The van der Waals surface area contributed by atoms with Gasteiger partial charge in [0.15, 0.2) is 0 Å². The van der Waals surface area contributed by atoms with Gasteiger partial charge in [-0.15, -0.1) is 0 Å². The van der Waals surface area contributed by atoms with Crippen molar-refractivity contribution in [3.05, 3.63) is 24.3 Å². The van der Waals surface area contributed by atoms with Crippen molar-refractivity contribution >= 4 is 12.6 Å². The molecule has 0 amide bonds. The van der Waals surface area contributed by atoms with Crippen molar-refractivity contribution in [2.24, 2.45) is 5.92 Å². The van der Waals surface area contributed by atoms with Crippen molar-refractivity contribution in [3.63, 3.8) is 0 Å². The molecule has 2 rings (SSSR count). The first kappa shape index (κ1) is 13.3. The average Bonchev–Trinajstić information content (AvgIpc) is 2.40. The second-order valence-electron chi connectivity index (χ2n) is 4.51. The second kappa shape index (κ2) is 6.18. The van der Waals surface area contributed by atoms with Crippen LogP contribution in [0.3, 0.4) is 0 Å². The van der Waals surface area contributed by atoms with Crippen molar-refractivity contribution in [2.75, 3.05) is 19.8 Å². The van der Waals surface area contributed by atoms with Gasteiger partial charge in [0.1, 0.15) is 11.9 Å². The third-order valence-corrected chi connectivity index (χ3v) is 3.20. The highest BCUT2D eigenvalue weighted by Gasteiger charge is 2.26. The van der Waals surface area contributed by atoms with E-state index < -0.39 is 13.8 Å². The minimum absolute atomic E-state index is 0.123. The van der Waals surface area contributed by atoms with Crippen LogP contribution in [-0.4, -0.2) is 43.0 Å². The Morgan fingerprint density at radius 1 is 1.33 bits per heavy atom. The molecule has 98 valence electrons. The lowest BCUT2D eigenvalue weighted by Gasteiger charge is -2.30. The minimum atomic E-state index is -1.48. The Balaban J connectivity index is 1.99. The molecular weight excluding hydrogens is 236 g/mol. The molecule has 0 spiro atoms. The number of hydrogen-bond acceptors (Lipinski definition) is 4. The number of alkyl halides is 1. The highest BCUT2D eigenvalue weighted by atomic mass is 19.1. The van der Waals surface area contributed by atoms with Gasteiger partial charge < -0.3 is 20.1 Å². The summed E-state index contributed by atoms with van der Waals surface area (Å²) in [6, 6.07) is 6.52. The summed E-state index contributed by atoms with van der Waals surface area (Å²) in [7, 11) is -1.48. The average molecular weight is 253 g/mol. The third-order valence-electron chi connectivity index (χ3n) is 3.20. The number of nitrogens with one attached hydrogen (secondary N) is 1. The number of benzene rings is 1. The van der Waals surface area contributed by atoms with Crippen molar-refractivity contribution in [1.29, 1.82) is 0 Å². The third kappa shape index (κ3) is 3.22. The number of piperidine rings is 1. The largest absolute Gasteiger partial charge is 0.490 e. The van der Waals surface area contributed by atoms with Crippen molar-refractivity contribution in [2.45, 2.75) is 12.5 Å². The molecule has 1 saturated heterocycles. The summed E-state index contributed by atoms with van der Waals surface area (Å²) in [6.45, 7) is 1.06. The second-order valence-corrected chi connectivity index (χ2v) is 4.51. The molecular formula is C12H17BFNO3. The Bertz CT molecular complexity index is 374. The first-order valence-corrected chi connectivity index (χ1v) is 6.10. The zero-order valence-electron chi connectivity index (χ0n) is 10.1. The Morgan fingerprint density at radius 2 is 2.06 bits per heavy atom. The van der Waals surface area contributed by atoms with Crippen LogP contribution < -0.4 is 15.5 Å². The molecule has 4 nitrogen and oxygen atoms in total. The molecule has 0 radical (unpaired) electrons. The Morgan fingerprint density at radius 3 is 2.67 bits per heavy atom. The van der Waals surface area contributed by atoms with E-state index in [4.69, 9.17) is 14.8 Å². The normalized spacial score (nSPS) is 23.7. The Kier molecular flexibility index (Phi) is 4.57. The number of ether oxygens (including phenoxy) is 1. The molecule has 1 aliphatic rings. The fraction of sp³-hybridized carbons (Fsp3) is 0.500. The van der Waals surface area contributed by atoms with Crippen LogP contribution in [-0.2, 0) is 0 Å². The van der Waals surface area contributed by atoms with Crippen LogP contribution in [0.2, 0.25) is 0 Å². The van der Waals surface area contributed by atoms with Crippen molar-refractivity contribution in [1.82, 2.24) is 5.32 Å². The lowest BCUT2D eigenvalue weighted by molar-refractivity contribution is 0.0863. The quantitative estimate of drug-likeness (QED) is 0.644. The summed E-state index contributed by atoms with van der Waals surface area (Å²) >= 11 is 0. The van der Waals surface area contributed by atoms with Gasteiger partial charge in [-0.1, -0.05) is 12.1 Å². The molecule has 6 heteroatoms. The van der Waals surface area contributed by atoms with Gasteiger partial charge in [0, 0.05) is 12.5 Å². The molecule has 1 fully saturated rings. The van der Waals surface area contributed by atoms with E-state index in [1.54, 1.807) is 24.3 Å². The van der Waals surface area contributed by atoms with E-state index in [-0.39, 0.29) is 12.0 Å². The van der Waals surface area contributed by atoms with Gasteiger partial charge >= 0.3 is 7.12 Å². The van der Waals surface area contributed by atoms with Gasteiger partial charge in [-0.25, -0.2) is 0 Å². The van der Waals surface area contributed by atoms with Crippen molar-refractivity contribution in [3.8, 4) is 5.75 Å². The summed E-state index contributed by atoms with van der Waals surface area (Å²) in [4.78, 5) is 0. The predicted octanol–water partition coefficient (Wildman–Crippen LogP) is -0.307. The maximum Gasteiger partial charge on any atom is 0.488 e. The molecule has 0 bridgehead atoms. The van der Waals surface area contributed by atoms with E-state index in [1.807, 2.05) is 0 Å². The van der Waals surface area contributed by atoms with Crippen LogP contribution >= 0.6 is 0 Å². The molecule has 3 N–H and O–H groups in total. The first-order valence-electron chi connectivity index (χ1n) is 6.10. The molecule has 0 aliphatic carbocycles. The molecule has 0 aromatic heterocycles. The van der Waals surface area contributed by atoms with Gasteiger partial charge in [-0.3, -0.25) is 4.39 Å². The Hall–Kier alpha value is -1.11. The lowest BCUT2D eigenvalue weighted by Crippen LogP contribution is -2.44. The minimum Gasteiger partial charge on any atom is -0.490 e. The maximum atomic E-state index is 12.8. The zero-order valence-corrected chi connectivity index (χ0v) is 10.1. The molecule has 18 heavy (non-hydrogen) atoms. The van der Waals surface area contributed by atoms with Crippen molar-refractivity contribution < 1.29 is 19.2 Å². The standard InChI is InChI=1S/C12H17BFNO3/c14-7-9-8-15-6-5-12(9)18-11-3-1-10(2-4-11)13(16)17/h1-4,9,12,15-17H,5-8H2. The monoisotopic (exact) mass is 253 g/mol. The summed E-state index contributed by atoms with van der Waals surface area (Å²) in [6.07, 6.45) is 0.653. The summed E-state index contributed by atoms with van der Waals surface area (Å²) in [5.41, 5.74) is 0.412. The molecule has 1 aliphatic heterocycles. The predicted molar refractivity (Wildman–Crippen MR) is 67.6 cm³/mol. The van der Waals surface area contributed by atoms with Gasteiger partial charge in [0.25, 0.3) is 0 Å². The lowest BCUT2D eigenvalue weighted by atomic mass is 9.80. The SMILES string of the molecule is OB(O)c1ccc(OC2CCNCC2CF)cc1. The van der Waals surface area contributed by atoms with E-state index in [0.717, 1.165) is 13.0 Å². The first-order chi connectivity index (χ1) is 8.70. The number of halogens is 1. The van der Waals surface area contributed by atoms with Crippen LogP contribution in [0.1, 0.15) is 6.42 Å². The Labute approximate surface area is 106 Å². The van der Waals surface area contributed by atoms with E-state index in [0.29, 0.717) is 17.8 Å². The van der Waals surface area contributed by atoms with Crippen LogP contribution in [0.5, 0.6) is 5.75 Å². The summed E-state index contributed by atoms with van der Waals surface area (Å²) < 4.78 is 18.6. The van der Waals surface area contributed by atoms with E-state index in [1.165, 1.54) is 0 Å². The van der Waals surface area contributed by atoms with Gasteiger partial charge in [-0.2, -0.15) is 0 Å². The van der Waals surface area contributed by atoms with E-state index in [2.05, 4.69) is 5.32 Å². The van der Waals surface area contributed by atoms with E-state index >= 15 is 0 Å². The summed E-state index contributed by atoms with van der Waals surface area (Å²) in [5.74, 6) is 0.506. The molecule has 2 unspecified atom stereocenters. The van der Waals surface area contributed by atoms with Gasteiger partial charge in [0.2, 0.25) is 0 Å². The molecule has 2 atom stereocenters. The fourth-order valence-corrected chi connectivity index (χ4v) is 2.10. The topological polar surface area (TPSA) is 61.7 Å². The molecule has 1 aromatic rings. The smallest absolute Gasteiger partial charge is 0.488 e. The number of rotatable bonds is 4. The van der Waals surface area contributed by atoms with Crippen LogP contribution in [0.4, 0.5) is 4.39 Å². The molecule has 0 saturated carbocycles. The van der Waals surface area contributed by atoms with Crippen LogP contribution in [0, 0.1) is 5.92 Å². The zero-order chi connectivity index (χ0) is 13.0. The van der Waals surface area contributed by atoms with Gasteiger partial charge in [0.05, 0.1) is 6.67 Å². The van der Waals surface area contributed by atoms with Gasteiger partial charge in [-0.05, 0) is 30.6 Å². The molecule has 1 aromatic carbocycles. The summed E-state index contributed by atoms with van der Waals surface area (Å²) in [5, 5.41) is 21.1.